The van der Waals surface area contributed by atoms with Crippen LogP contribution >= 0.6 is 0 Å². The van der Waals surface area contributed by atoms with Gasteiger partial charge in [-0.2, -0.15) is 0 Å². The van der Waals surface area contributed by atoms with Gasteiger partial charge in [0, 0.05) is 0 Å². The minimum Gasteiger partial charge on any atom is -0.103 e. The van der Waals surface area contributed by atoms with Crippen molar-refractivity contribution in [2.24, 2.45) is 11.8 Å². The first kappa shape index (κ1) is 14.0. The third kappa shape index (κ3) is 22.7. The molecule has 0 unspecified atom stereocenters. The lowest BCUT2D eigenvalue weighted by molar-refractivity contribution is 0.664. The first-order valence-electron chi connectivity index (χ1n) is 4.78. The lowest BCUT2D eigenvalue weighted by atomic mass is 10.1. The number of rotatable bonds is 3. The summed E-state index contributed by atoms with van der Waals surface area (Å²) in [5.74, 6) is 1.50. The lowest BCUT2D eigenvalue weighted by Crippen LogP contribution is -1.78. The van der Waals surface area contributed by atoms with E-state index < -0.39 is 0 Å². The molecule has 0 heteroatoms. The minimum atomic E-state index is 0.718. The van der Waals surface area contributed by atoms with Gasteiger partial charge in [0.25, 0.3) is 0 Å². The molecule has 0 aliphatic carbocycles. The van der Waals surface area contributed by atoms with Crippen molar-refractivity contribution in [1.82, 2.24) is 0 Å². The van der Waals surface area contributed by atoms with E-state index >= 15 is 0 Å². The molecule has 0 saturated carbocycles. The van der Waals surface area contributed by atoms with Gasteiger partial charge < -0.3 is 0 Å². The molecule has 0 N–H and O–H groups in total. The van der Waals surface area contributed by atoms with E-state index in [0.717, 1.165) is 18.3 Å². The van der Waals surface area contributed by atoms with Crippen LogP contribution in [0.2, 0.25) is 0 Å². The third-order valence-electron chi connectivity index (χ3n) is 1.22. The van der Waals surface area contributed by atoms with Crippen LogP contribution in [0.25, 0.3) is 0 Å². The van der Waals surface area contributed by atoms with Crippen molar-refractivity contribution >= 4 is 0 Å². The second-order valence-electron chi connectivity index (χ2n) is 3.69. The van der Waals surface area contributed by atoms with Gasteiger partial charge >= 0.3 is 0 Å². The molecular formula is C12H24. The molecule has 0 nitrogen and oxygen atoms in total. The van der Waals surface area contributed by atoms with E-state index in [1.165, 1.54) is 0 Å². The van der Waals surface area contributed by atoms with Crippen LogP contribution in [0.3, 0.4) is 0 Å². The average Bonchev–Trinajstić information content (AvgIpc) is 1.87. The van der Waals surface area contributed by atoms with Crippen LogP contribution in [-0.2, 0) is 0 Å². The predicted molar refractivity (Wildman–Crippen MR) is 59.3 cm³/mol. The maximum atomic E-state index is 3.60. The van der Waals surface area contributed by atoms with Crippen molar-refractivity contribution < 1.29 is 0 Å². The molecule has 0 aromatic rings. The number of hydrogen-bond donors (Lipinski definition) is 0. The molecule has 0 rings (SSSR count). The summed E-state index contributed by atoms with van der Waals surface area (Å²) < 4.78 is 0. The van der Waals surface area contributed by atoms with Crippen molar-refractivity contribution in [1.29, 1.82) is 0 Å². The molecule has 0 aliphatic rings. The van der Waals surface area contributed by atoms with Crippen molar-refractivity contribution in [3.8, 4) is 0 Å². The fourth-order valence-corrected chi connectivity index (χ4v) is 0.718. The fourth-order valence-electron chi connectivity index (χ4n) is 0.718. The summed E-state index contributed by atoms with van der Waals surface area (Å²) in [4.78, 5) is 0. The van der Waals surface area contributed by atoms with Gasteiger partial charge in [-0.1, -0.05) is 45.9 Å². The minimum absolute atomic E-state index is 0.718. The van der Waals surface area contributed by atoms with Gasteiger partial charge in [-0.25, -0.2) is 0 Å². The first-order chi connectivity index (χ1) is 5.54. The Balaban J connectivity index is 0. The molecule has 0 radical (unpaired) electrons. The van der Waals surface area contributed by atoms with Gasteiger partial charge in [0.1, 0.15) is 0 Å². The summed E-state index contributed by atoms with van der Waals surface area (Å²) >= 11 is 0. The van der Waals surface area contributed by atoms with E-state index in [-0.39, 0.29) is 0 Å². The van der Waals surface area contributed by atoms with Gasteiger partial charge in [-0.15, -0.1) is 6.58 Å². The Labute approximate surface area is 78.4 Å². The Hall–Kier alpha value is -0.520. The normalized spacial score (nSPS) is 10.2. The second kappa shape index (κ2) is 10.5. The highest BCUT2D eigenvalue weighted by Crippen LogP contribution is 1.96. The van der Waals surface area contributed by atoms with Gasteiger partial charge in [0.05, 0.1) is 0 Å². The molecule has 0 bridgehead atoms. The summed E-state index contributed by atoms with van der Waals surface area (Å²) in [5.41, 5.74) is 0. The molecule has 0 amide bonds. The Morgan fingerprint density at radius 3 is 1.67 bits per heavy atom. The van der Waals surface area contributed by atoms with Crippen molar-refractivity contribution in [3.05, 3.63) is 24.8 Å². The smallest absolute Gasteiger partial charge is 0.0291 e. The molecule has 0 aliphatic heterocycles. The summed E-state index contributed by atoms with van der Waals surface area (Å²) in [6.45, 7) is 14.3. The monoisotopic (exact) mass is 168 g/mol. The molecule has 0 heterocycles. The quantitative estimate of drug-likeness (QED) is 0.547. The van der Waals surface area contributed by atoms with Crippen LogP contribution in [0.4, 0.5) is 0 Å². The average molecular weight is 168 g/mol. The summed E-state index contributed by atoms with van der Waals surface area (Å²) in [5, 5.41) is 0. The predicted octanol–water partition coefficient (Wildman–Crippen LogP) is 4.44. The zero-order chi connectivity index (χ0) is 9.98. The third-order valence-corrected chi connectivity index (χ3v) is 1.22. The Kier molecular flexibility index (Phi) is 12.3. The maximum absolute atomic E-state index is 3.60. The van der Waals surface area contributed by atoms with E-state index in [2.05, 4.69) is 46.4 Å². The van der Waals surface area contributed by atoms with Gasteiger partial charge in [0.2, 0.25) is 0 Å². The van der Waals surface area contributed by atoms with E-state index in [4.69, 9.17) is 0 Å². The number of hydrogen-bond acceptors (Lipinski definition) is 0. The highest BCUT2D eigenvalue weighted by Gasteiger charge is 1.82. The van der Waals surface area contributed by atoms with E-state index in [1.807, 2.05) is 13.0 Å². The molecular weight excluding hydrogens is 144 g/mol. The van der Waals surface area contributed by atoms with Crippen molar-refractivity contribution in [3.63, 3.8) is 0 Å². The van der Waals surface area contributed by atoms with Crippen LogP contribution < -0.4 is 0 Å². The Morgan fingerprint density at radius 1 is 1.17 bits per heavy atom. The highest BCUT2D eigenvalue weighted by molar-refractivity contribution is 4.79. The molecule has 0 aromatic heterocycles. The Bertz CT molecular complexity index is 107. The second-order valence-corrected chi connectivity index (χ2v) is 3.69. The molecule has 0 fully saturated rings. The first-order valence-corrected chi connectivity index (χ1v) is 4.78. The standard InChI is InChI=1S/2C6H12/c2*1-4-5-6(2)3/h4-6H,1-3H3;4,6H,1,5H2,2-3H3/b5-4+;. The SMILES string of the molecule is C/C=C/C(C)C.C=CCC(C)C. The fraction of sp³-hybridized carbons (Fsp3) is 0.667. The van der Waals surface area contributed by atoms with Gasteiger partial charge in [0.15, 0.2) is 0 Å². The van der Waals surface area contributed by atoms with Crippen LogP contribution in [0.1, 0.15) is 41.0 Å². The topological polar surface area (TPSA) is 0 Å². The zero-order valence-corrected chi connectivity index (χ0v) is 9.30. The molecule has 0 spiro atoms. The van der Waals surface area contributed by atoms with Crippen LogP contribution in [-0.4, -0.2) is 0 Å². The Morgan fingerprint density at radius 2 is 1.67 bits per heavy atom. The molecule has 72 valence electrons. The highest BCUT2D eigenvalue weighted by atomic mass is 13.9. The molecule has 12 heavy (non-hydrogen) atoms. The lowest BCUT2D eigenvalue weighted by Gasteiger charge is -1.92. The maximum Gasteiger partial charge on any atom is -0.0291 e. The van der Waals surface area contributed by atoms with Crippen LogP contribution in [0.15, 0.2) is 24.8 Å². The van der Waals surface area contributed by atoms with Crippen molar-refractivity contribution in [2.45, 2.75) is 41.0 Å². The molecule has 0 atom stereocenters. The number of allylic oxidation sites excluding steroid dienone is 3. The van der Waals surface area contributed by atoms with Crippen molar-refractivity contribution in [2.75, 3.05) is 0 Å². The zero-order valence-electron chi connectivity index (χ0n) is 9.30. The van der Waals surface area contributed by atoms with Crippen LogP contribution in [0.5, 0.6) is 0 Å². The summed E-state index contributed by atoms with van der Waals surface area (Å²) in [7, 11) is 0. The summed E-state index contributed by atoms with van der Waals surface area (Å²) in [6.07, 6.45) is 7.33. The molecule has 0 aromatic carbocycles. The summed E-state index contributed by atoms with van der Waals surface area (Å²) in [6, 6.07) is 0. The van der Waals surface area contributed by atoms with Crippen LogP contribution in [0, 0.1) is 11.8 Å². The largest absolute Gasteiger partial charge is 0.103 e. The van der Waals surface area contributed by atoms with E-state index in [0.29, 0.717) is 0 Å². The van der Waals surface area contributed by atoms with Gasteiger partial charge in [-0.3, -0.25) is 0 Å². The van der Waals surface area contributed by atoms with Gasteiger partial charge in [-0.05, 0) is 25.2 Å². The molecule has 0 saturated heterocycles. The van der Waals surface area contributed by atoms with E-state index in [9.17, 15) is 0 Å². The van der Waals surface area contributed by atoms with E-state index in [1.54, 1.807) is 0 Å².